The van der Waals surface area contributed by atoms with E-state index in [0.29, 0.717) is 0 Å². The van der Waals surface area contributed by atoms with Crippen LogP contribution in [0.2, 0.25) is 0 Å². The highest BCUT2D eigenvalue weighted by molar-refractivity contribution is 5.95. The molecule has 1 amide bonds. The van der Waals surface area contributed by atoms with E-state index >= 15 is 0 Å². The molecule has 0 aliphatic rings. The number of amides is 1. The van der Waals surface area contributed by atoms with Crippen LogP contribution in [0.15, 0.2) is 18.2 Å². The maximum Gasteiger partial charge on any atom is 0.342 e. The standard InChI is InChI=1S/C15H17N3O6/c1-10(14(19)17(2)8-4-7-16)24-15(20)12-9-11(18(21)22)5-6-13(12)23-3/h5-6,9-10H,4,8H2,1-3H3/t10-/m1/s1. The lowest BCUT2D eigenvalue weighted by Gasteiger charge is -2.20. The molecular formula is C15H17N3O6. The van der Waals surface area contributed by atoms with Gasteiger partial charge in [0, 0.05) is 25.7 Å². The third-order valence-corrected chi connectivity index (χ3v) is 3.18. The molecule has 0 aliphatic heterocycles. The molecule has 0 aliphatic carbocycles. The van der Waals surface area contributed by atoms with Gasteiger partial charge in [-0.2, -0.15) is 5.26 Å². The summed E-state index contributed by atoms with van der Waals surface area (Å²) in [4.78, 5) is 35.7. The second-order valence-corrected chi connectivity index (χ2v) is 4.86. The fraction of sp³-hybridized carbons (Fsp3) is 0.400. The minimum atomic E-state index is -1.11. The molecule has 0 N–H and O–H groups in total. The van der Waals surface area contributed by atoms with Crippen LogP contribution in [-0.2, 0) is 9.53 Å². The minimum absolute atomic E-state index is 0.100. The van der Waals surface area contributed by atoms with Gasteiger partial charge in [0.2, 0.25) is 0 Å². The van der Waals surface area contributed by atoms with Crippen molar-refractivity contribution in [2.24, 2.45) is 0 Å². The van der Waals surface area contributed by atoms with E-state index in [2.05, 4.69) is 0 Å². The molecule has 0 spiro atoms. The zero-order valence-corrected chi connectivity index (χ0v) is 13.5. The van der Waals surface area contributed by atoms with E-state index < -0.39 is 22.9 Å². The molecule has 9 heteroatoms. The summed E-state index contributed by atoms with van der Waals surface area (Å²) in [6.45, 7) is 1.59. The van der Waals surface area contributed by atoms with Crippen LogP contribution in [0, 0.1) is 21.4 Å². The third-order valence-electron chi connectivity index (χ3n) is 3.18. The van der Waals surface area contributed by atoms with Crippen molar-refractivity contribution in [2.45, 2.75) is 19.4 Å². The van der Waals surface area contributed by atoms with Crippen molar-refractivity contribution >= 4 is 17.6 Å². The summed E-state index contributed by atoms with van der Waals surface area (Å²) in [5, 5.41) is 19.3. The molecule has 1 aromatic carbocycles. The summed E-state index contributed by atoms with van der Waals surface area (Å²) < 4.78 is 10.0. The number of nitrogens with zero attached hydrogens (tertiary/aromatic N) is 3. The molecular weight excluding hydrogens is 318 g/mol. The van der Waals surface area contributed by atoms with Gasteiger partial charge in [0.15, 0.2) is 6.10 Å². The number of nitro groups is 1. The molecule has 1 atom stereocenters. The predicted octanol–water partition coefficient (Wildman–Crippen LogP) is 1.52. The first-order valence-electron chi connectivity index (χ1n) is 6.97. The Morgan fingerprint density at radius 3 is 2.67 bits per heavy atom. The van der Waals surface area contributed by atoms with E-state index in [4.69, 9.17) is 14.7 Å². The second kappa shape index (κ2) is 8.47. The molecule has 128 valence electrons. The van der Waals surface area contributed by atoms with Crippen molar-refractivity contribution in [3.05, 3.63) is 33.9 Å². The minimum Gasteiger partial charge on any atom is -0.496 e. The maximum absolute atomic E-state index is 12.2. The van der Waals surface area contributed by atoms with E-state index in [1.807, 2.05) is 6.07 Å². The molecule has 1 aromatic rings. The number of esters is 1. The molecule has 0 saturated carbocycles. The first-order valence-corrected chi connectivity index (χ1v) is 6.97. The Balaban J connectivity index is 2.91. The summed E-state index contributed by atoms with van der Waals surface area (Å²) in [6.07, 6.45) is -0.952. The van der Waals surface area contributed by atoms with Gasteiger partial charge in [0.1, 0.15) is 11.3 Å². The van der Waals surface area contributed by atoms with Gasteiger partial charge in [-0.05, 0) is 13.0 Å². The van der Waals surface area contributed by atoms with Crippen LogP contribution in [0.25, 0.3) is 0 Å². The molecule has 0 saturated heterocycles. The number of carbonyl (C=O) groups excluding carboxylic acids is 2. The summed E-state index contributed by atoms with van der Waals surface area (Å²) in [5.74, 6) is -1.30. The van der Waals surface area contributed by atoms with Crippen LogP contribution in [0.3, 0.4) is 0 Å². The third kappa shape index (κ3) is 4.67. The van der Waals surface area contributed by atoms with Crippen molar-refractivity contribution in [1.29, 1.82) is 5.26 Å². The lowest BCUT2D eigenvalue weighted by molar-refractivity contribution is -0.384. The average Bonchev–Trinajstić information content (AvgIpc) is 2.57. The lowest BCUT2D eigenvalue weighted by atomic mass is 10.1. The number of hydrogen-bond acceptors (Lipinski definition) is 7. The van der Waals surface area contributed by atoms with E-state index in [9.17, 15) is 19.7 Å². The highest BCUT2D eigenvalue weighted by Gasteiger charge is 2.25. The van der Waals surface area contributed by atoms with Crippen molar-refractivity contribution in [3.63, 3.8) is 0 Å². The molecule has 0 heterocycles. The molecule has 0 fully saturated rings. The Morgan fingerprint density at radius 1 is 1.46 bits per heavy atom. The van der Waals surface area contributed by atoms with Crippen LogP contribution >= 0.6 is 0 Å². The van der Waals surface area contributed by atoms with E-state index in [1.54, 1.807) is 0 Å². The number of methoxy groups -OCH3 is 1. The Bertz CT molecular complexity index is 682. The van der Waals surface area contributed by atoms with Crippen molar-refractivity contribution < 1.29 is 24.0 Å². The van der Waals surface area contributed by atoms with Crippen LogP contribution in [0.1, 0.15) is 23.7 Å². The quantitative estimate of drug-likeness (QED) is 0.420. The normalized spacial score (nSPS) is 11.1. The number of non-ortho nitro benzene ring substituents is 1. The fourth-order valence-electron chi connectivity index (χ4n) is 1.88. The Morgan fingerprint density at radius 2 is 2.12 bits per heavy atom. The Kier molecular flexibility index (Phi) is 6.67. The van der Waals surface area contributed by atoms with Crippen LogP contribution in [0.5, 0.6) is 5.75 Å². The number of hydrogen-bond donors (Lipinski definition) is 0. The molecule has 0 unspecified atom stereocenters. The Hall–Kier alpha value is -3.15. The summed E-state index contributed by atoms with van der Waals surface area (Å²) in [5.41, 5.74) is -0.445. The fourth-order valence-corrected chi connectivity index (χ4v) is 1.88. The van der Waals surface area contributed by atoms with E-state index in [0.717, 1.165) is 6.07 Å². The molecule has 1 rings (SSSR count). The van der Waals surface area contributed by atoms with Gasteiger partial charge in [0.25, 0.3) is 11.6 Å². The predicted molar refractivity (Wildman–Crippen MR) is 82.4 cm³/mol. The van der Waals surface area contributed by atoms with Gasteiger partial charge < -0.3 is 14.4 Å². The van der Waals surface area contributed by atoms with E-state index in [-0.39, 0.29) is 30.0 Å². The number of carbonyl (C=O) groups is 2. The topological polar surface area (TPSA) is 123 Å². The monoisotopic (exact) mass is 335 g/mol. The summed E-state index contributed by atoms with van der Waals surface area (Å²) >= 11 is 0. The van der Waals surface area contributed by atoms with Gasteiger partial charge in [0.05, 0.1) is 24.5 Å². The van der Waals surface area contributed by atoms with E-state index in [1.165, 1.54) is 38.1 Å². The zero-order valence-electron chi connectivity index (χ0n) is 13.5. The maximum atomic E-state index is 12.2. The molecule has 24 heavy (non-hydrogen) atoms. The number of rotatable bonds is 7. The zero-order chi connectivity index (χ0) is 18.3. The van der Waals surface area contributed by atoms with Crippen molar-refractivity contribution in [3.8, 4) is 11.8 Å². The molecule has 0 radical (unpaired) electrons. The highest BCUT2D eigenvalue weighted by atomic mass is 16.6. The number of benzene rings is 1. The first-order chi connectivity index (χ1) is 11.3. The SMILES string of the molecule is COc1ccc([N+](=O)[O-])cc1C(=O)O[C@H](C)C(=O)N(C)CCC#N. The van der Waals surface area contributed by atoms with Crippen LogP contribution < -0.4 is 4.74 Å². The van der Waals surface area contributed by atoms with Gasteiger partial charge in [-0.15, -0.1) is 0 Å². The smallest absolute Gasteiger partial charge is 0.342 e. The lowest BCUT2D eigenvalue weighted by Crippen LogP contribution is -2.38. The number of likely N-dealkylation sites (N-methyl/N-ethyl adjacent to an activating group) is 1. The summed E-state index contributed by atoms with van der Waals surface area (Å²) in [7, 11) is 2.79. The van der Waals surface area contributed by atoms with Crippen LogP contribution in [0.4, 0.5) is 5.69 Å². The molecule has 9 nitrogen and oxygen atoms in total. The summed E-state index contributed by atoms with van der Waals surface area (Å²) in [6, 6.07) is 5.41. The highest BCUT2D eigenvalue weighted by Crippen LogP contribution is 2.25. The van der Waals surface area contributed by atoms with Gasteiger partial charge in [-0.25, -0.2) is 4.79 Å². The number of nitro benzene ring substituents is 1. The van der Waals surface area contributed by atoms with Crippen LogP contribution in [-0.4, -0.2) is 48.5 Å². The second-order valence-electron chi connectivity index (χ2n) is 4.86. The number of nitriles is 1. The molecule has 0 aromatic heterocycles. The molecule has 0 bridgehead atoms. The average molecular weight is 335 g/mol. The van der Waals surface area contributed by atoms with Crippen molar-refractivity contribution in [2.75, 3.05) is 20.7 Å². The van der Waals surface area contributed by atoms with Crippen molar-refractivity contribution in [1.82, 2.24) is 4.90 Å². The van der Waals surface area contributed by atoms with Gasteiger partial charge in [-0.3, -0.25) is 14.9 Å². The largest absolute Gasteiger partial charge is 0.496 e. The first kappa shape index (κ1) is 18.9. The van der Waals surface area contributed by atoms with Gasteiger partial charge in [-0.1, -0.05) is 0 Å². The van der Waals surface area contributed by atoms with Gasteiger partial charge >= 0.3 is 5.97 Å². The number of ether oxygens (including phenoxy) is 2. The Labute approximate surface area is 138 Å².